The van der Waals surface area contributed by atoms with Gasteiger partial charge >= 0.3 is 0 Å². The van der Waals surface area contributed by atoms with Gasteiger partial charge in [-0.1, -0.05) is 19.8 Å². The van der Waals surface area contributed by atoms with Gasteiger partial charge in [-0.15, -0.1) is 0 Å². The zero-order valence-electron chi connectivity index (χ0n) is 8.46. The molecular weight excluding hydrogens is 164 g/mol. The SMILES string of the molecule is CCC(N)=NCCOC1CCCC1. The molecule has 1 fully saturated rings. The first kappa shape index (κ1) is 10.5. The summed E-state index contributed by atoms with van der Waals surface area (Å²) in [5, 5.41) is 0. The average Bonchev–Trinajstić information content (AvgIpc) is 2.64. The van der Waals surface area contributed by atoms with Crippen molar-refractivity contribution in [3.05, 3.63) is 0 Å². The summed E-state index contributed by atoms with van der Waals surface area (Å²) >= 11 is 0. The van der Waals surface area contributed by atoms with E-state index in [2.05, 4.69) is 4.99 Å². The van der Waals surface area contributed by atoms with Crippen LogP contribution < -0.4 is 5.73 Å². The number of ether oxygens (including phenoxy) is 1. The molecule has 0 unspecified atom stereocenters. The topological polar surface area (TPSA) is 47.6 Å². The van der Waals surface area contributed by atoms with Crippen molar-refractivity contribution >= 4 is 5.84 Å². The van der Waals surface area contributed by atoms with Gasteiger partial charge in [0.25, 0.3) is 0 Å². The molecule has 0 heterocycles. The summed E-state index contributed by atoms with van der Waals surface area (Å²) in [5.41, 5.74) is 5.56. The molecule has 0 atom stereocenters. The summed E-state index contributed by atoms with van der Waals surface area (Å²) in [6.45, 7) is 3.46. The quantitative estimate of drug-likeness (QED) is 0.402. The number of rotatable bonds is 5. The lowest BCUT2D eigenvalue weighted by atomic mass is 10.3. The highest BCUT2D eigenvalue weighted by atomic mass is 16.5. The van der Waals surface area contributed by atoms with Crippen LogP contribution in [-0.2, 0) is 4.74 Å². The fourth-order valence-corrected chi connectivity index (χ4v) is 1.58. The summed E-state index contributed by atoms with van der Waals surface area (Å²) in [6.07, 6.45) is 6.44. The molecule has 0 aliphatic heterocycles. The van der Waals surface area contributed by atoms with Crippen LogP contribution in [0.2, 0.25) is 0 Å². The van der Waals surface area contributed by atoms with Gasteiger partial charge in [0.15, 0.2) is 0 Å². The largest absolute Gasteiger partial charge is 0.387 e. The molecule has 13 heavy (non-hydrogen) atoms. The first-order chi connectivity index (χ1) is 6.33. The highest BCUT2D eigenvalue weighted by Crippen LogP contribution is 2.20. The Kier molecular flexibility index (Phi) is 4.83. The van der Waals surface area contributed by atoms with Gasteiger partial charge in [0.1, 0.15) is 0 Å². The molecule has 1 saturated carbocycles. The second kappa shape index (κ2) is 5.97. The third-order valence-electron chi connectivity index (χ3n) is 2.42. The number of nitrogens with two attached hydrogens (primary N) is 1. The molecule has 1 aliphatic rings. The fraction of sp³-hybridized carbons (Fsp3) is 0.900. The van der Waals surface area contributed by atoms with E-state index in [9.17, 15) is 0 Å². The van der Waals surface area contributed by atoms with Crippen molar-refractivity contribution in [3.8, 4) is 0 Å². The van der Waals surface area contributed by atoms with E-state index in [1.807, 2.05) is 6.92 Å². The van der Waals surface area contributed by atoms with Crippen LogP contribution in [-0.4, -0.2) is 25.1 Å². The fourth-order valence-electron chi connectivity index (χ4n) is 1.58. The van der Waals surface area contributed by atoms with E-state index in [1.54, 1.807) is 0 Å². The van der Waals surface area contributed by atoms with Gasteiger partial charge in [0.05, 0.1) is 25.1 Å². The molecule has 0 bridgehead atoms. The lowest BCUT2D eigenvalue weighted by molar-refractivity contribution is 0.0643. The van der Waals surface area contributed by atoms with Crippen LogP contribution in [0.15, 0.2) is 4.99 Å². The highest BCUT2D eigenvalue weighted by molar-refractivity contribution is 5.79. The highest BCUT2D eigenvalue weighted by Gasteiger charge is 2.14. The Bertz CT molecular complexity index is 162. The van der Waals surface area contributed by atoms with Gasteiger partial charge < -0.3 is 10.5 Å². The van der Waals surface area contributed by atoms with Crippen molar-refractivity contribution < 1.29 is 4.74 Å². The van der Waals surface area contributed by atoms with Crippen LogP contribution in [0.3, 0.4) is 0 Å². The predicted octanol–water partition coefficient (Wildman–Crippen LogP) is 1.71. The maximum atomic E-state index is 5.64. The summed E-state index contributed by atoms with van der Waals surface area (Å²) in [6, 6.07) is 0. The van der Waals surface area contributed by atoms with Crippen LogP contribution in [0, 0.1) is 0 Å². The first-order valence-electron chi connectivity index (χ1n) is 5.23. The van der Waals surface area contributed by atoms with Gasteiger partial charge in [-0.3, -0.25) is 4.99 Å². The molecule has 0 radical (unpaired) electrons. The maximum Gasteiger partial charge on any atom is 0.0935 e. The Labute approximate surface area is 80.4 Å². The normalized spacial score (nSPS) is 19.6. The number of hydrogen-bond acceptors (Lipinski definition) is 2. The molecular formula is C10H20N2O. The van der Waals surface area contributed by atoms with Crippen molar-refractivity contribution in [2.45, 2.75) is 45.1 Å². The van der Waals surface area contributed by atoms with Gasteiger partial charge in [-0.05, 0) is 12.8 Å². The molecule has 1 aliphatic carbocycles. The number of aliphatic imine (C=N–C) groups is 1. The summed E-state index contributed by atoms with van der Waals surface area (Å²) in [7, 11) is 0. The van der Waals surface area contributed by atoms with E-state index in [1.165, 1.54) is 25.7 Å². The van der Waals surface area contributed by atoms with E-state index in [0.717, 1.165) is 25.4 Å². The first-order valence-corrected chi connectivity index (χ1v) is 5.23. The van der Waals surface area contributed by atoms with E-state index in [0.29, 0.717) is 6.10 Å². The number of hydrogen-bond donors (Lipinski definition) is 1. The second-order valence-corrected chi connectivity index (χ2v) is 3.50. The zero-order chi connectivity index (χ0) is 9.52. The van der Waals surface area contributed by atoms with Gasteiger partial charge in [-0.25, -0.2) is 0 Å². The minimum absolute atomic E-state index is 0.498. The van der Waals surface area contributed by atoms with Gasteiger partial charge in [0, 0.05) is 6.42 Å². The maximum absolute atomic E-state index is 5.64. The molecule has 76 valence electrons. The van der Waals surface area contributed by atoms with Crippen molar-refractivity contribution in [3.63, 3.8) is 0 Å². The third-order valence-corrected chi connectivity index (χ3v) is 2.42. The third kappa shape index (κ3) is 4.27. The molecule has 2 N–H and O–H groups in total. The molecule has 3 nitrogen and oxygen atoms in total. The van der Waals surface area contributed by atoms with Crippen LogP contribution in [0.4, 0.5) is 0 Å². The van der Waals surface area contributed by atoms with E-state index in [4.69, 9.17) is 10.5 Å². The molecule has 3 heteroatoms. The van der Waals surface area contributed by atoms with E-state index >= 15 is 0 Å². The van der Waals surface area contributed by atoms with Crippen molar-refractivity contribution in [1.29, 1.82) is 0 Å². The monoisotopic (exact) mass is 184 g/mol. The Morgan fingerprint density at radius 2 is 2.15 bits per heavy atom. The minimum Gasteiger partial charge on any atom is -0.387 e. The molecule has 0 saturated heterocycles. The Morgan fingerprint density at radius 1 is 1.46 bits per heavy atom. The summed E-state index contributed by atoms with van der Waals surface area (Å²) < 4.78 is 5.64. The predicted molar refractivity (Wildman–Crippen MR) is 55.0 cm³/mol. The number of amidine groups is 1. The molecule has 0 aromatic carbocycles. The summed E-state index contributed by atoms with van der Waals surface area (Å²) in [4.78, 5) is 4.17. The van der Waals surface area contributed by atoms with E-state index < -0.39 is 0 Å². The summed E-state index contributed by atoms with van der Waals surface area (Å²) in [5.74, 6) is 0.732. The Morgan fingerprint density at radius 3 is 2.77 bits per heavy atom. The number of nitrogens with zero attached hydrogens (tertiary/aromatic N) is 1. The molecule has 1 rings (SSSR count). The van der Waals surface area contributed by atoms with Crippen molar-refractivity contribution in [2.75, 3.05) is 13.2 Å². The van der Waals surface area contributed by atoms with Crippen LogP contribution in [0.5, 0.6) is 0 Å². The van der Waals surface area contributed by atoms with Gasteiger partial charge in [0.2, 0.25) is 0 Å². The standard InChI is InChI=1S/C10H20N2O/c1-2-10(11)12-7-8-13-9-5-3-4-6-9/h9H,2-8H2,1H3,(H2,11,12). The van der Waals surface area contributed by atoms with Crippen LogP contribution in [0.25, 0.3) is 0 Å². The van der Waals surface area contributed by atoms with Crippen molar-refractivity contribution in [1.82, 2.24) is 0 Å². The molecule has 0 spiro atoms. The van der Waals surface area contributed by atoms with Crippen LogP contribution in [0.1, 0.15) is 39.0 Å². The molecule has 0 amide bonds. The van der Waals surface area contributed by atoms with Crippen LogP contribution >= 0.6 is 0 Å². The molecule has 0 aromatic rings. The zero-order valence-corrected chi connectivity index (χ0v) is 8.46. The molecule has 0 aromatic heterocycles. The second-order valence-electron chi connectivity index (χ2n) is 3.50. The van der Waals surface area contributed by atoms with Gasteiger partial charge in [-0.2, -0.15) is 0 Å². The Balaban J connectivity index is 2.00. The average molecular weight is 184 g/mol. The minimum atomic E-state index is 0.498. The Hall–Kier alpha value is -0.570. The smallest absolute Gasteiger partial charge is 0.0935 e. The lowest BCUT2D eigenvalue weighted by Gasteiger charge is -2.09. The lowest BCUT2D eigenvalue weighted by Crippen LogP contribution is -2.14. The van der Waals surface area contributed by atoms with E-state index in [-0.39, 0.29) is 0 Å². The van der Waals surface area contributed by atoms with Crippen molar-refractivity contribution in [2.24, 2.45) is 10.7 Å².